The van der Waals surface area contributed by atoms with Gasteiger partial charge in [-0.2, -0.15) is 0 Å². The quantitative estimate of drug-likeness (QED) is 0.485. The van der Waals surface area contributed by atoms with Crippen molar-refractivity contribution in [1.29, 1.82) is 0 Å². The number of hydrogen-bond acceptors (Lipinski definition) is 5. The minimum Gasteiger partial charge on any atom is -0.391 e. The highest BCUT2D eigenvalue weighted by molar-refractivity contribution is 7.84. The molecule has 0 aromatic heterocycles. The van der Waals surface area contributed by atoms with E-state index in [4.69, 9.17) is 0 Å². The van der Waals surface area contributed by atoms with Gasteiger partial charge in [0.1, 0.15) is 0 Å². The number of carbonyl (C=O) groups is 2. The molecule has 2 atom stereocenters. The van der Waals surface area contributed by atoms with Crippen LogP contribution in [-0.2, 0) is 25.1 Å². The van der Waals surface area contributed by atoms with Gasteiger partial charge in [-0.3, -0.25) is 18.7 Å². The Morgan fingerprint density at radius 1 is 1.40 bits per heavy atom. The summed E-state index contributed by atoms with van der Waals surface area (Å²) < 4.78 is 15.3. The Morgan fingerprint density at radius 2 is 1.93 bits per heavy atom. The zero-order valence-corrected chi connectivity index (χ0v) is 9.71. The predicted molar refractivity (Wildman–Crippen MR) is 55.7 cm³/mol. The fraction of sp³-hybridized carbons (Fsp3) is 0.778. The first-order valence-corrected chi connectivity index (χ1v) is 6.49. The van der Waals surface area contributed by atoms with Crippen molar-refractivity contribution in [3.05, 3.63) is 0 Å². The second kappa shape index (κ2) is 5.37. The summed E-state index contributed by atoms with van der Waals surface area (Å²) in [5.74, 6) is -0.424. The highest BCUT2D eigenvalue weighted by Crippen LogP contribution is 2.08. The second-order valence-electron chi connectivity index (χ2n) is 3.67. The van der Waals surface area contributed by atoms with Crippen molar-refractivity contribution in [3.63, 3.8) is 0 Å². The summed E-state index contributed by atoms with van der Waals surface area (Å²) in [6.45, 7) is 2.20. The maximum Gasteiger partial charge on any atom is 0.327 e. The zero-order chi connectivity index (χ0) is 11.4. The van der Waals surface area contributed by atoms with Crippen LogP contribution in [0.15, 0.2) is 0 Å². The summed E-state index contributed by atoms with van der Waals surface area (Å²) in [5, 5.41) is 0. The lowest BCUT2D eigenvalue weighted by atomic mass is 10.2. The zero-order valence-electron chi connectivity index (χ0n) is 8.89. The molecule has 5 nitrogen and oxygen atoms in total. The molecule has 0 radical (unpaired) electrons. The first-order chi connectivity index (χ1) is 6.99. The summed E-state index contributed by atoms with van der Waals surface area (Å²) in [6.07, 6.45) is 2.35. The van der Waals surface area contributed by atoms with E-state index < -0.39 is 22.7 Å². The molecular weight excluding hydrogens is 218 g/mol. The molecule has 1 aliphatic rings. The van der Waals surface area contributed by atoms with Crippen LogP contribution in [0.2, 0.25) is 0 Å². The van der Waals surface area contributed by atoms with Crippen molar-refractivity contribution in [3.8, 4) is 0 Å². The van der Waals surface area contributed by atoms with E-state index >= 15 is 0 Å². The van der Waals surface area contributed by atoms with Crippen LogP contribution in [0.4, 0.5) is 0 Å². The van der Waals surface area contributed by atoms with Crippen LogP contribution in [0.3, 0.4) is 0 Å². The molecule has 1 saturated heterocycles. The van der Waals surface area contributed by atoms with E-state index in [1.165, 1.54) is 0 Å². The standard InChI is InChI=1S/C9H15NO4S/c1-7(3-4-15(2)13)10-5-8(11)14-9(12)6-10/h7H,3-6H2,1-2H3. The van der Waals surface area contributed by atoms with Crippen molar-refractivity contribution in [2.24, 2.45) is 0 Å². The summed E-state index contributed by atoms with van der Waals surface area (Å²) >= 11 is 0. The predicted octanol–water partition coefficient (Wildman–Crippen LogP) is -0.471. The highest BCUT2D eigenvalue weighted by atomic mass is 32.2. The van der Waals surface area contributed by atoms with Crippen molar-refractivity contribution in [2.75, 3.05) is 25.1 Å². The lowest BCUT2D eigenvalue weighted by Crippen LogP contribution is -2.47. The van der Waals surface area contributed by atoms with Gasteiger partial charge in [-0.15, -0.1) is 0 Å². The molecule has 1 rings (SSSR count). The number of nitrogens with zero attached hydrogens (tertiary/aromatic N) is 1. The van der Waals surface area contributed by atoms with Gasteiger partial charge in [0.05, 0.1) is 13.1 Å². The SMILES string of the molecule is CC(CCS(C)=O)N1CC(=O)OC(=O)C1. The third-order valence-electron chi connectivity index (χ3n) is 2.34. The molecule has 1 aliphatic heterocycles. The lowest BCUT2D eigenvalue weighted by molar-refractivity contribution is -0.167. The molecule has 0 N–H and O–H groups in total. The monoisotopic (exact) mass is 233 g/mol. The Labute approximate surface area is 91.2 Å². The third kappa shape index (κ3) is 4.09. The fourth-order valence-electron chi connectivity index (χ4n) is 1.41. The van der Waals surface area contributed by atoms with Crippen LogP contribution in [0.5, 0.6) is 0 Å². The van der Waals surface area contributed by atoms with Gasteiger partial charge in [-0.1, -0.05) is 0 Å². The number of hydrogen-bond donors (Lipinski definition) is 0. The molecule has 0 aromatic rings. The molecule has 6 heteroatoms. The molecule has 0 spiro atoms. The molecule has 86 valence electrons. The number of cyclic esters (lactones) is 2. The average molecular weight is 233 g/mol. The van der Waals surface area contributed by atoms with Crippen molar-refractivity contribution in [2.45, 2.75) is 19.4 Å². The first-order valence-electron chi connectivity index (χ1n) is 4.76. The Balaban J connectivity index is 2.44. The van der Waals surface area contributed by atoms with Crippen LogP contribution in [-0.4, -0.2) is 52.2 Å². The van der Waals surface area contributed by atoms with Gasteiger partial charge in [0.2, 0.25) is 0 Å². The average Bonchev–Trinajstić information content (AvgIpc) is 2.12. The van der Waals surface area contributed by atoms with Crippen molar-refractivity contribution >= 4 is 22.7 Å². The molecule has 0 saturated carbocycles. The van der Waals surface area contributed by atoms with E-state index in [0.717, 1.165) is 0 Å². The Hall–Kier alpha value is -0.750. The number of esters is 2. The topological polar surface area (TPSA) is 63.7 Å². The van der Waals surface area contributed by atoms with E-state index in [2.05, 4.69) is 4.74 Å². The van der Waals surface area contributed by atoms with E-state index in [0.29, 0.717) is 12.2 Å². The highest BCUT2D eigenvalue weighted by Gasteiger charge is 2.27. The lowest BCUT2D eigenvalue weighted by Gasteiger charge is -2.29. The smallest absolute Gasteiger partial charge is 0.327 e. The number of rotatable bonds is 4. The maximum atomic E-state index is 11.0. The molecule has 0 aliphatic carbocycles. The van der Waals surface area contributed by atoms with Gasteiger partial charge in [0, 0.05) is 28.9 Å². The number of morpholine rings is 1. The van der Waals surface area contributed by atoms with Crippen LogP contribution in [0.1, 0.15) is 13.3 Å². The van der Waals surface area contributed by atoms with Crippen LogP contribution < -0.4 is 0 Å². The summed E-state index contributed by atoms with van der Waals surface area (Å²) in [6, 6.07) is 0.0747. The summed E-state index contributed by atoms with van der Waals surface area (Å²) in [4.78, 5) is 23.7. The number of ether oxygens (including phenoxy) is 1. The minimum atomic E-state index is -0.836. The summed E-state index contributed by atoms with van der Waals surface area (Å²) in [7, 11) is -0.836. The van der Waals surface area contributed by atoms with Gasteiger partial charge in [0.25, 0.3) is 0 Å². The third-order valence-corrected chi connectivity index (χ3v) is 3.15. The van der Waals surface area contributed by atoms with Gasteiger partial charge in [-0.05, 0) is 13.3 Å². The van der Waals surface area contributed by atoms with Crippen LogP contribution in [0.25, 0.3) is 0 Å². The molecule has 0 bridgehead atoms. The maximum absolute atomic E-state index is 11.0. The van der Waals surface area contributed by atoms with Gasteiger partial charge in [0.15, 0.2) is 0 Å². The number of carbonyl (C=O) groups excluding carboxylic acids is 2. The molecule has 0 amide bonds. The van der Waals surface area contributed by atoms with Gasteiger partial charge < -0.3 is 4.74 Å². The van der Waals surface area contributed by atoms with Gasteiger partial charge in [-0.25, -0.2) is 0 Å². The Kier molecular flexibility index (Phi) is 4.41. The largest absolute Gasteiger partial charge is 0.391 e. The molecular formula is C9H15NO4S. The van der Waals surface area contributed by atoms with E-state index in [1.54, 1.807) is 11.2 Å². The van der Waals surface area contributed by atoms with Crippen molar-refractivity contribution in [1.82, 2.24) is 4.90 Å². The fourth-order valence-corrected chi connectivity index (χ4v) is 2.08. The Bertz CT molecular complexity index is 276. The van der Waals surface area contributed by atoms with Crippen LogP contribution >= 0.6 is 0 Å². The second-order valence-corrected chi connectivity index (χ2v) is 5.22. The minimum absolute atomic E-state index is 0.0747. The molecule has 1 fully saturated rings. The molecule has 2 unspecified atom stereocenters. The molecule has 0 aromatic carbocycles. The normalized spacial score (nSPS) is 22.3. The first kappa shape index (κ1) is 12.3. The summed E-state index contributed by atoms with van der Waals surface area (Å²) in [5.41, 5.74) is 0. The van der Waals surface area contributed by atoms with Crippen LogP contribution in [0, 0.1) is 0 Å². The molecule has 1 heterocycles. The van der Waals surface area contributed by atoms with Crippen molar-refractivity contribution < 1.29 is 18.5 Å². The van der Waals surface area contributed by atoms with Gasteiger partial charge >= 0.3 is 11.9 Å². The van der Waals surface area contributed by atoms with E-state index in [9.17, 15) is 13.8 Å². The van der Waals surface area contributed by atoms with E-state index in [1.807, 2.05) is 6.92 Å². The van der Waals surface area contributed by atoms with E-state index in [-0.39, 0.29) is 19.1 Å². The Morgan fingerprint density at radius 3 is 2.40 bits per heavy atom. The molecule has 15 heavy (non-hydrogen) atoms.